The van der Waals surface area contributed by atoms with Crippen LogP contribution in [0, 0.1) is 0 Å². The first kappa shape index (κ1) is 10.8. The molecule has 0 bridgehead atoms. The van der Waals surface area contributed by atoms with Gasteiger partial charge < -0.3 is 5.11 Å². The molecular formula is C12H16O2. The Hall–Kier alpha value is -1.31. The normalized spacial score (nSPS) is 11.4. The summed E-state index contributed by atoms with van der Waals surface area (Å²) in [5.74, 6) is 0.440. The standard InChI is InChI=1S/C12H16O2/c1-9(13)8-12(2,3)10-4-6-11(14)7-5-10/h4-7,14H,8H2,1-3H3. The van der Waals surface area contributed by atoms with Crippen LogP contribution < -0.4 is 0 Å². The van der Waals surface area contributed by atoms with Gasteiger partial charge in [0.15, 0.2) is 0 Å². The van der Waals surface area contributed by atoms with E-state index in [0.29, 0.717) is 6.42 Å². The molecule has 1 aromatic carbocycles. The van der Waals surface area contributed by atoms with Crippen LogP contribution in [0.5, 0.6) is 5.75 Å². The predicted octanol–water partition coefficient (Wildman–Crippen LogP) is 2.65. The highest BCUT2D eigenvalue weighted by atomic mass is 16.3. The number of carbonyl (C=O) groups is 1. The Morgan fingerprint density at radius 1 is 1.29 bits per heavy atom. The number of carbonyl (C=O) groups excluding carboxylic acids is 1. The molecule has 0 amide bonds. The Morgan fingerprint density at radius 2 is 1.79 bits per heavy atom. The van der Waals surface area contributed by atoms with Crippen LogP contribution in [0.2, 0.25) is 0 Å². The smallest absolute Gasteiger partial charge is 0.130 e. The second kappa shape index (κ2) is 3.82. The summed E-state index contributed by atoms with van der Waals surface area (Å²) in [6.07, 6.45) is 0.526. The lowest BCUT2D eigenvalue weighted by Crippen LogP contribution is -2.20. The molecule has 1 N–H and O–H groups in total. The monoisotopic (exact) mass is 192 g/mol. The number of ketones is 1. The maximum atomic E-state index is 11.1. The molecule has 1 rings (SSSR count). The SMILES string of the molecule is CC(=O)CC(C)(C)c1ccc(O)cc1. The fourth-order valence-corrected chi connectivity index (χ4v) is 1.64. The van der Waals surface area contributed by atoms with Gasteiger partial charge in [-0.25, -0.2) is 0 Å². The first-order valence-electron chi connectivity index (χ1n) is 4.71. The van der Waals surface area contributed by atoms with Crippen molar-refractivity contribution in [2.75, 3.05) is 0 Å². The van der Waals surface area contributed by atoms with Crippen molar-refractivity contribution in [3.63, 3.8) is 0 Å². The van der Waals surface area contributed by atoms with Gasteiger partial charge in [-0.2, -0.15) is 0 Å². The van der Waals surface area contributed by atoms with Gasteiger partial charge in [0.25, 0.3) is 0 Å². The van der Waals surface area contributed by atoms with E-state index in [2.05, 4.69) is 0 Å². The van der Waals surface area contributed by atoms with Crippen molar-refractivity contribution in [1.82, 2.24) is 0 Å². The maximum absolute atomic E-state index is 11.1. The fraction of sp³-hybridized carbons (Fsp3) is 0.417. The molecule has 2 heteroatoms. The van der Waals surface area contributed by atoms with E-state index < -0.39 is 0 Å². The zero-order chi connectivity index (χ0) is 10.8. The van der Waals surface area contributed by atoms with E-state index in [0.717, 1.165) is 5.56 Å². The minimum atomic E-state index is -0.153. The number of aromatic hydroxyl groups is 1. The summed E-state index contributed by atoms with van der Waals surface area (Å²) >= 11 is 0. The maximum Gasteiger partial charge on any atom is 0.130 e. The molecule has 0 aliphatic carbocycles. The van der Waals surface area contributed by atoms with Crippen molar-refractivity contribution < 1.29 is 9.90 Å². The highest BCUT2D eigenvalue weighted by Gasteiger charge is 2.22. The Labute approximate surface area is 84.6 Å². The Kier molecular flexibility index (Phi) is 2.94. The van der Waals surface area contributed by atoms with Crippen molar-refractivity contribution in [1.29, 1.82) is 0 Å². The lowest BCUT2D eigenvalue weighted by atomic mass is 9.80. The minimum absolute atomic E-state index is 0.153. The summed E-state index contributed by atoms with van der Waals surface area (Å²) in [7, 11) is 0. The van der Waals surface area contributed by atoms with Crippen LogP contribution in [-0.4, -0.2) is 10.9 Å². The number of Topliss-reactive ketones (excluding diaryl/α,β-unsaturated/α-hetero) is 1. The average molecular weight is 192 g/mol. The van der Waals surface area contributed by atoms with Gasteiger partial charge in [0.05, 0.1) is 0 Å². The van der Waals surface area contributed by atoms with E-state index in [1.165, 1.54) is 0 Å². The molecule has 76 valence electrons. The second-order valence-corrected chi connectivity index (χ2v) is 4.31. The van der Waals surface area contributed by atoms with Crippen LogP contribution in [-0.2, 0) is 10.2 Å². The molecule has 0 fully saturated rings. The number of hydrogen-bond acceptors (Lipinski definition) is 2. The lowest BCUT2D eigenvalue weighted by molar-refractivity contribution is -0.118. The topological polar surface area (TPSA) is 37.3 Å². The van der Waals surface area contributed by atoms with E-state index in [-0.39, 0.29) is 16.9 Å². The quantitative estimate of drug-likeness (QED) is 0.799. The van der Waals surface area contributed by atoms with Crippen LogP contribution in [0.25, 0.3) is 0 Å². The van der Waals surface area contributed by atoms with Crippen molar-refractivity contribution in [2.45, 2.75) is 32.6 Å². The molecule has 0 heterocycles. The molecule has 0 radical (unpaired) electrons. The summed E-state index contributed by atoms with van der Waals surface area (Å²) in [5.41, 5.74) is 0.921. The summed E-state index contributed by atoms with van der Waals surface area (Å²) in [6.45, 7) is 5.66. The van der Waals surface area contributed by atoms with Crippen LogP contribution in [0.15, 0.2) is 24.3 Å². The molecule has 14 heavy (non-hydrogen) atoms. The Bertz CT molecular complexity index is 323. The molecular weight excluding hydrogens is 176 g/mol. The number of phenolic OH excluding ortho intramolecular Hbond substituents is 1. The summed E-state index contributed by atoms with van der Waals surface area (Å²) in [6, 6.07) is 7.02. The number of hydrogen-bond donors (Lipinski definition) is 1. The van der Waals surface area contributed by atoms with Crippen LogP contribution >= 0.6 is 0 Å². The van der Waals surface area contributed by atoms with Crippen molar-refractivity contribution in [2.24, 2.45) is 0 Å². The highest BCUT2D eigenvalue weighted by molar-refractivity contribution is 5.77. The van der Waals surface area contributed by atoms with Crippen LogP contribution in [0.1, 0.15) is 32.8 Å². The molecule has 0 unspecified atom stereocenters. The van der Waals surface area contributed by atoms with Gasteiger partial charge >= 0.3 is 0 Å². The number of benzene rings is 1. The Balaban J connectivity index is 2.91. The van der Waals surface area contributed by atoms with E-state index in [1.807, 2.05) is 26.0 Å². The third-order valence-electron chi connectivity index (χ3n) is 2.34. The van der Waals surface area contributed by atoms with Gasteiger partial charge in [-0.3, -0.25) is 4.79 Å². The third-order valence-corrected chi connectivity index (χ3v) is 2.34. The van der Waals surface area contributed by atoms with Gasteiger partial charge in [-0.1, -0.05) is 26.0 Å². The summed E-state index contributed by atoms with van der Waals surface area (Å²) in [4.78, 5) is 11.1. The molecule has 0 atom stereocenters. The van der Waals surface area contributed by atoms with Crippen LogP contribution in [0.4, 0.5) is 0 Å². The molecule has 0 aliphatic rings. The fourth-order valence-electron chi connectivity index (χ4n) is 1.64. The highest BCUT2D eigenvalue weighted by Crippen LogP contribution is 2.28. The second-order valence-electron chi connectivity index (χ2n) is 4.31. The Morgan fingerprint density at radius 3 is 2.21 bits per heavy atom. The van der Waals surface area contributed by atoms with Crippen molar-refractivity contribution in [3.05, 3.63) is 29.8 Å². The van der Waals surface area contributed by atoms with Gasteiger partial charge in [0, 0.05) is 6.42 Å². The lowest BCUT2D eigenvalue weighted by Gasteiger charge is -2.23. The van der Waals surface area contributed by atoms with Gasteiger partial charge in [-0.15, -0.1) is 0 Å². The summed E-state index contributed by atoms with van der Waals surface area (Å²) in [5, 5.41) is 9.14. The van der Waals surface area contributed by atoms with Crippen molar-refractivity contribution in [3.8, 4) is 5.75 Å². The van der Waals surface area contributed by atoms with E-state index in [4.69, 9.17) is 5.11 Å². The van der Waals surface area contributed by atoms with Gasteiger partial charge in [-0.05, 0) is 30.0 Å². The van der Waals surface area contributed by atoms with E-state index >= 15 is 0 Å². The number of rotatable bonds is 3. The first-order valence-corrected chi connectivity index (χ1v) is 4.71. The van der Waals surface area contributed by atoms with E-state index in [1.54, 1.807) is 19.1 Å². The van der Waals surface area contributed by atoms with Gasteiger partial charge in [0.2, 0.25) is 0 Å². The number of phenols is 1. The molecule has 0 aliphatic heterocycles. The van der Waals surface area contributed by atoms with E-state index in [9.17, 15) is 4.79 Å². The molecule has 1 aromatic rings. The molecule has 0 aromatic heterocycles. The minimum Gasteiger partial charge on any atom is -0.508 e. The average Bonchev–Trinajstić information content (AvgIpc) is 2.02. The molecule has 0 saturated heterocycles. The van der Waals surface area contributed by atoms with Gasteiger partial charge in [0.1, 0.15) is 11.5 Å². The zero-order valence-electron chi connectivity index (χ0n) is 8.87. The van der Waals surface area contributed by atoms with Crippen molar-refractivity contribution >= 4 is 5.78 Å². The molecule has 2 nitrogen and oxygen atoms in total. The summed E-state index contributed by atoms with van der Waals surface area (Å²) < 4.78 is 0. The zero-order valence-corrected chi connectivity index (χ0v) is 8.87. The molecule has 0 spiro atoms. The third kappa shape index (κ3) is 2.59. The largest absolute Gasteiger partial charge is 0.508 e. The predicted molar refractivity (Wildman–Crippen MR) is 56.4 cm³/mol. The van der Waals surface area contributed by atoms with Crippen LogP contribution in [0.3, 0.4) is 0 Å². The first-order chi connectivity index (χ1) is 6.42. The molecule has 0 saturated carbocycles.